The summed E-state index contributed by atoms with van der Waals surface area (Å²) in [7, 11) is 1.31. The van der Waals surface area contributed by atoms with Crippen molar-refractivity contribution in [3.8, 4) is 0 Å². The number of ether oxygens (including phenoxy) is 2. The van der Waals surface area contributed by atoms with Crippen LogP contribution in [0.5, 0.6) is 0 Å². The van der Waals surface area contributed by atoms with Gasteiger partial charge in [0, 0.05) is 12.1 Å². The summed E-state index contributed by atoms with van der Waals surface area (Å²) in [6.45, 7) is 5.91. The van der Waals surface area contributed by atoms with Gasteiger partial charge in [0.25, 0.3) is 0 Å². The Morgan fingerprint density at radius 3 is 2.53 bits per heavy atom. The molecule has 0 heterocycles. The van der Waals surface area contributed by atoms with E-state index in [0.717, 1.165) is 6.42 Å². The van der Waals surface area contributed by atoms with Crippen LogP contribution in [0.2, 0.25) is 0 Å². The van der Waals surface area contributed by atoms with Gasteiger partial charge in [0.05, 0.1) is 13.7 Å². The number of nitrogens with one attached hydrogen (secondary N) is 1. The fourth-order valence-corrected chi connectivity index (χ4v) is 0.778. The molecule has 0 aliphatic heterocycles. The van der Waals surface area contributed by atoms with E-state index in [9.17, 15) is 9.59 Å². The zero-order valence-electron chi connectivity index (χ0n) is 9.17. The maximum Gasteiger partial charge on any atom is 0.406 e. The zero-order valence-corrected chi connectivity index (χ0v) is 9.17. The van der Waals surface area contributed by atoms with Crippen molar-refractivity contribution >= 4 is 12.1 Å². The highest BCUT2D eigenvalue weighted by Crippen LogP contribution is 1.95. The Morgan fingerprint density at radius 2 is 2.00 bits per heavy atom. The van der Waals surface area contributed by atoms with Crippen LogP contribution in [0.25, 0.3) is 0 Å². The molecule has 0 saturated heterocycles. The predicted molar refractivity (Wildman–Crippen MR) is 55.4 cm³/mol. The topological polar surface area (TPSA) is 64.6 Å². The fraction of sp³-hybridized carbons (Fsp3) is 0.600. The molecule has 0 fully saturated rings. The van der Waals surface area contributed by atoms with E-state index in [0.29, 0.717) is 25.1 Å². The SMILES string of the molecule is C=C(C)C(=O)OCCCCNC(=O)OC. The van der Waals surface area contributed by atoms with Gasteiger partial charge in [0.1, 0.15) is 0 Å². The number of unbranched alkanes of at least 4 members (excludes halogenated alkanes) is 1. The Kier molecular flexibility index (Phi) is 7.05. The quantitative estimate of drug-likeness (QED) is 0.411. The molecule has 0 unspecified atom stereocenters. The number of carbonyl (C=O) groups excluding carboxylic acids is 2. The lowest BCUT2D eigenvalue weighted by Crippen LogP contribution is -2.24. The van der Waals surface area contributed by atoms with Crippen LogP contribution in [0.1, 0.15) is 19.8 Å². The van der Waals surface area contributed by atoms with Gasteiger partial charge in [0.15, 0.2) is 0 Å². The molecule has 86 valence electrons. The second-order valence-corrected chi connectivity index (χ2v) is 3.04. The minimum atomic E-state index is -0.450. The van der Waals surface area contributed by atoms with Gasteiger partial charge in [0.2, 0.25) is 0 Å². The molecule has 1 N–H and O–H groups in total. The Morgan fingerprint density at radius 1 is 1.33 bits per heavy atom. The highest BCUT2D eigenvalue weighted by atomic mass is 16.5. The molecule has 5 nitrogen and oxygen atoms in total. The second kappa shape index (κ2) is 7.84. The maximum absolute atomic E-state index is 10.9. The third kappa shape index (κ3) is 7.54. The van der Waals surface area contributed by atoms with Crippen LogP contribution < -0.4 is 5.32 Å². The molecule has 0 aromatic heterocycles. The van der Waals surface area contributed by atoms with Gasteiger partial charge in [-0.05, 0) is 19.8 Å². The predicted octanol–water partition coefficient (Wildman–Crippen LogP) is 1.24. The van der Waals surface area contributed by atoms with Crippen molar-refractivity contribution in [3.05, 3.63) is 12.2 Å². The van der Waals surface area contributed by atoms with Crippen LogP contribution in [-0.4, -0.2) is 32.3 Å². The van der Waals surface area contributed by atoms with Crippen LogP contribution >= 0.6 is 0 Å². The third-order valence-electron chi connectivity index (χ3n) is 1.61. The van der Waals surface area contributed by atoms with Gasteiger partial charge in [-0.25, -0.2) is 9.59 Å². The van der Waals surface area contributed by atoms with E-state index < -0.39 is 6.09 Å². The molecule has 5 heteroatoms. The molecule has 0 radical (unpaired) electrons. The minimum Gasteiger partial charge on any atom is -0.462 e. The highest BCUT2D eigenvalue weighted by molar-refractivity contribution is 5.86. The summed E-state index contributed by atoms with van der Waals surface area (Å²) in [5.41, 5.74) is 0.391. The molecule has 0 aromatic rings. The number of hydrogen-bond donors (Lipinski definition) is 1. The van der Waals surface area contributed by atoms with Crippen LogP contribution in [-0.2, 0) is 14.3 Å². The number of rotatable bonds is 6. The molecule has 1 amide bonds. The Bertz CT molecular complexity index is 238. The molecule has 0 aromatic carbocycles. The monoisotopic (exact) mass is 215 g/mol. The maximum atomic E-state index is 10.9. The van der Waals surface area contributed by atoms with Crippen molar-refractivity contribution in [1.29, 1.82) is 0 Å². The van der Waals surface area contributed by atoms with Gasteiger partial charge in [-0.15, -0.1) is 0 Å². The smallest absolute Gasteiger partial charge is 0.406 e. The van der Waals surface area contributed by atoms with E-state index in [1.807, 2.05) is 0 Å². The first-order valence-corrected chi connectivity index (χ1v) is 4.72. The summed E-state index contributed by atoms with van der Waals surface area (Å²) in [5, 5.41) is 2.52. The molecule has 0 spiro atoms. The van der Waals surface area contributed by atoms with Crippen molar-refractivity contribution in [2.75, 3.05) is 20.3 Å². The normalized spacial score (nSPS) is 9.20. The molecule has 15 heavy (non-hydrogen) atoms. The molecule has 0 aliphatic rings. The van der Waals surface area contributed by atoms with E-state index in [2.05, 4.69) is 16.6 Å². The lowest BCUT2D eigenvalue weighted by atomic mass is 10.3. The van der Waals surface area contributed by atoms with Gasteiger partial charge < -0.3 is 14.8 Å². The van der Waals surface area contributed by atoms with E-state index in [4.69, 9.17) is 4.74 Å². The first-order valence-electron chi connectivity index (χ1n) is 4.72. The Labute approximate surface area is 89.4 Å². The Hall–Kier alpha value is -1.52. The summed E-state index contributed by atoms with van der Waals surface area (Å²) in [6, 6.07) is 0. The summed E-state index contributed by atoms with van der Waals surface area (Å²) in [4.78, 5) is 21.5. The molecular weight excluding hydrogens is 198 g/mol. The van der Waals surface area contributed by atoms with Crippen LogP contribution in [0.3, 0.4) is 0 Å². The second-order valence-electron chi connectivity index (χ2n) is 3.04. The van der Waals surface area contributed by atoms with Gasteiger partial charge in [-0.2, -0.15) is 0 Å². The molecule has 0 bridgehead atoms. The van der Waals surface area contributed by atoms with E-state index in [-0.39, 0.29) is 5.97 Å². The van der Waals surface area contributed by atoms with E-state index >= 15 is 0 Å². The van der Waals surface area contributed by atoms with Crippen molar-refractivity contribution in [2.24, 2.45) is 0 Å². The fourth-order valence-electron chi connectivity index (χ4n) is 0.778. The molecule has 0 atom stereocenters. The zero-order chi connectivity index (χ0) is 11.7. The van der Waals surface area contributed by atoms with E-state index in [1.165, 1.54) is 7.11 Å². The average molecular weight is 215 g/mol. The third-order valence-corrected chi connectivity index (χ3v) is 1.61. The van der Waals surface area contributed by atoms with Gasteiger partial charge >= 0.3 is 12.1 Å². The lowest BCUT2D eigenvalue weighted by molar-refractivity contribution is -0.139. The number of esters is 1. The van der Waals surface area contributed by atoms with Crippen molar-refractivity contribution in [2.45, 2.75) is 19.8 Å². The molecular formula is C10H17NO4. The molecule has 0 rings (SSSR count). The first kappa shape index (κ1) is 13.5. The molecule has 0 aliphatic carbocycles. The largest absolute Gasteiger partial charge is 0.462 e. The van der Waals surface area contributed by atoms with Crippen LogP contribution in [0, 0.1) is 0 Å². The first-order chi connectivity index (χ1) is 7.07. The van der Waals surface area contributed by atoms with Crippen molar-refractivity contribution in [1.82, 2.24) is 5.32 Å². The van der Waals surface area contributed by atoms with E-state index in [1.54, 1.807) is 6.92 Å². The highest BCUT2D eigenvalue weighted by Gasteiger charge is 2.02. The van der Waals surface area contributed by atoms with Crippen molar-refractivity contribution in [3.63, 3.8) is 0 Å². The minimum absolute atomic E-state index is 0.342. The number of alkyl carbamates (subject to hydrolysis) is 1. The number of hydrogen-bond acceptors (Lipinski definition) is 4. The van der Waals surface area contributed by atoms with Crippen molar-refractivity contribution < 1.29 is 19.1 Å². The summed E-state index contributed by atoms with van der Waals surface area (Å²) >= 11 is 0. The summed E-state index contributed by atoms with van der Waals surface area (Å²) in [6.07, 6.45) is 0.982. The summed E-state index contributed by atoms with van der Waals surface area (Å²) in [5.74, 6) is -0.379. The summed E-state index contributed by atoms with van der Waals surface area (Å²) < 4.78 is 9.23. The molecule has 0 saturated carbocycles. The van der Waals surface area contributed by atoms with Crippen LogP contribution in [0.15, 0.2) is 12.2 Å². The number of methoxy groups -OCH3 is 1. The number of amides is 1. The average Bonchev–Trinajstić information content (AvgIpc) is 2.22. The number of carbonyl (C=O) groups is 2. The Balaban J connectivity index is 3.29. The van der Waals surface area contributed by atoms with Crippen LogP contribution in [0.4, 0.5) is 4.79 Å². The standard InChI is InChI=1S/C10H17NO4/c1-8(2)9(12)15-7-5-4-6-11-10(13)14-3/h1,4-7H2,2-3H3,(H,11,13). The van der Waals surface area contributed by atoms with Gasteiger partial charge in [-0.3, -0.25) is 0 Å². The van der Waals surface area contributed by atoms with Gasteiger partial charge in [-0.1, -0.05) is 6.58 Å². The lowest BCUT2D eigenvalue weighted by Gasteiger charge is -2.05.